The predicted molar refractivity (Wildman–Crippen MR) is 80.4 cm³/mol. The molecule has 1 N–H and O–H groups in total. The standard InChI is InChI=1S/C14H19BrClNO/c15-9-5-1-2-6-10-17-14(18)11-12-7-3-4-8-13(12)16/h3-4,7-8H,1-2,5-6,9-11H2,(H,17,18). The van der Waals surface area contributed by atoms with Crippen molar-refractivity contribution < 1.29 is 4.79 Å². The molecule has 0 saturated heterocycles. The minimum Gasteiger partial charge on any atom is -0.356 e. The van der Waals surface area contributed by atoms with Crippen molar-refractivity contribution in [2.24, 2.45) is 0 Å². The quantitative estimate of drug-likeness (QED) is 0.567. The molecule has 0 aliphatic rings. The highest BCUT2D eigenvalue weighted by atomic mass is 79.9. The highest BCUT2D eigenvalue weighted by Gasteiger charge is 2.05. The molecule has 0 saturated carbocycles. The van der Waals surface area contributed by atoms with Crippen LogP contribution in [0.4, 0.5) is 0 Å². The topological polar surface area (TPSA) is 29.1 Å². The minimum absolute atomic E-state index is 0.0450. The molecule has 1 aromatic rings. The lowest BCUT2D eigenvalue weighted by atomic mass is 10.1. The molecule has 0 heterocycles. The highest BCUT2D eigenvalue weighted by molar-refractivity contribution is 9.09. The first-order chi connectivity index (χ1) is 8.74. The Balaban J connectivity index is 2.16. The van der Waals surface area contributed by atoms with Gasteiger partial charge in [-0.15, -0.1) is 0 Å². The summed E-state index contributed by atoms with van der Waals surface area (Å²) in [6.07, 6.45) is 4.99. The zero-order valence-electron chi connectivity index (χ0n) is 10.4. The SMILES string of the molecule is O=C(Cc1ccccc1Cl)NCCCCCCBr. The molecule has 0 bridgehead atoms. The summed E-state index contributed by atoms with van der Waals surface area (Å²) < 4.78 is 0. The monoisotopic (exact) mass is 331 g/mol. The number of nitrogens with one attached hydrogen (secondary N) is 1. The molecule has 0 spiro atoms. The summed E-state index contributed by atoms with van der Waals surface area (Å²) >= 11 is 9.41. The molecule has 1 aromatic carbocycles. The Kier molecular flexibility index (Phi) is 8.10. The van der Waals surface area contributed by atoms with E-state index in [9.17, 15) is 4.79 Å². The van der Waals surface area contributed by atoms with Gasteiger partial charge in [0, 0.05) is 16.9 Å². The summed E-state index contributed by atoms with van der Waals surface area (Å²) in [6.45, 7) is 0.756. The number of halogens is 2. The van der Waals surface area contributed by atoms with Crippen LogP contribution in [0, 0.1) is 0 Å². The van der Waals surface area contributed by atoms with Crippen LogP contribution < -0.4 is 5.32 Å². The average Bonchev–Trinajstić information content (AvgIpc) is 2.36. The van der Waals surface area contributed by atoms with E-state index in [-0.39, 0.29) is 5.91 Å². The first-order valence-electron chi connectivity index (χ1n) is 6.30. The Hall–Kier alpha value is -0.540. The molecule has 4 heteroatoms. The maximum Gasteiger partial charge on any atom is 0.224 e. The first kappa shape index (κ1) is 15.5. The van der Waals surface area contributed by atoms with Gasteiger partial charge < -0.3 is 5.32 Å². The number of carbonyl (C=O) groups excluding carboxylic acids is 1. The summed E-state index contributed by atoms with van der Waals surface area (Å²) in [5.41, 5.74) is 0.885. The van der Waals surface area contributed by atoms with Crippen LogP contribution in [0.25, 0.3) is 0 Å². The van der Waals surface area contributed by atoms with E-state index >= 15 is 0 Å². The van der Waals surface area contributed by atoms with Crippen LogP contribution in [0.5, 0.6) is 0 Å². The van der Waals surface area contributed by atoms with E-state index in [1.165, 1.54) is 12.8 Å². The summed E-state index contributed by atoms with van der Waals surface area (Å²) in [5, 5.41) is 4.64. The van der Waals surface area contributed by atoms with E-state index in [0.29, 0.717) is 11.4 Å². The van der Waals surface area contributed by atoms with Crippen molar-refractivity contribution in [2.45, 2.75) is 32.1 Å². The lowest BCUT2D eigenvalue weighted by Gasteiger charge is -2.06. The Morgan fingerprint density at radius 2 is 1.89 bits per heavy atom. The number of alkyl halides is 1. The average molecular weight is 333 g/mol. The van der Waals surface area contributed by atoms with Gasteiger partial charge in [0.05, 0.1) is 6.42 Å². The summed E-state index contributed by atoms with van der Waals surface area (Å²) in [6, 6.07) is 7.46. The third-order valence-electron chi connectivity index (χ3n) is 2.69. The molecular weight excluding hydrogens is 314 g/mol. The maximum atomic E-state index is 11.7. The molecule has 0 aliphatic heterocycles. The van der Waals surface area contributed by atoms with Gasteiger partial charge in [-0.1, -0.05) is 58.6 Å². The van der Waals surface area contributed by atoms with Crippen molar-refractivity contribution >= 4 is 33.4 Å². The fourth-order valence-corrected chi connectivity index (χ4v) is 2.28. The van der Waals surface area contributed by atoms with Crippen LogP contribution in [0.15, 0.2) is 24.3 Å². The smallest absolute Gasteiger partial charge is 0.224 e. The molecule has 1 rings (SSSR count). The Labute approximate surface area is 122 Å². The van der Waals surface area contributed by atoms with Gasteiger partial charge in [0.15, 0.2) is 0 Å². The molecule has 0 radical (unpaired) electrons. The lowest BCUT2D eigenvalue weighted by Crippen LogP contribution is -2.26. The normalized spacial score (nSPS) is 10.3. The fraction of sp³-hybridized carbons (Fsp3) is 0.500. The van der Waals surface area contributed by atoms with Gasteiger partial charge in [0.25, 0.3) is 0 Å². The van der Waals surface area contributed by atoms with Crippen LogP contribution in [0.1, 0.15) is 31.2 Å². The van der Waals surface area contributed by atoms with Crippen molar-refractivity contribution in [3.05, 3.63) is 34.9 Å². The molecule has 2 nitrogen and oxygen atoms in total. The molecule has 0 atom stereocenters. The molecule has 0 unspecified atom stereocenters. The van der Waals surface area contributed by atoms with E-state index in [1.807, 2.05) is 24.3 Å². The lowest BCUT2D eigenvalue weighted by molar-refractivity contribution is -0.120. The van der Waals surface area contributed by atoms with Gasteiger partial charge in [0.1, 0.15) is 0 Å². The van der Waals surface area contributed by atoms with Crippen LogP contribution >= 0.6 is 27.5 Å². The number of amides is 1. The van der Waals surface area contributed by atoms with Crippen molar-refractivity contribution in [3.63, 3.8) is 0 Å². The van der Waals surface area contributed by atoms with Crippen LogP contribution in [-0.2, 0) is 11.2 Å². The maximum absolute atomic E-state index is 11.7. The van der Waals surface area contributed by atoms with E-state index < -0.39 is 0 Å². The number of carbonyl (C=O) groups is 1. The number of rotatable bonds is 8. The van der Waals surface area contributed by atoms with Gasteiger partial charge >= 0.3 is 0 Å². The molecule has 0 fully saturated rings. The van der Waals surface area contributed by atoms with Gasteiger partial charge in [-0.25, -0.2) is 0 Å². The minimum atomic E-state index is 0.0450. The molecule has 18 heavy (non-hydrogen) atoms. The third-order valence-corrected chi connectivity index (χ3v) is 3.62. The molecule has 0 aliphatic carbocycles. The summed E-state index contributed by atoms with van der Waals surface area (Å²) in [4.78, 5) is 11.7. The first-order valence-corrected chi connectivity index (χ1v) is 7.80. The van der Waals surface area contributed by atoms with E-state index in [0.717, 1.165) is 30.3 Å². The second-order valence-electron chi connectivity index (χ2n) is 4.22. The van der Waals surface area contributed by atoms with Crippen LogP contribution in [0.2, 0.25) is 5.02 Å². The zero-order valence-corrected chi connectivity index (χ0v) is 12.8. The largest absolute Gasteiger partial charge is 0.356 e. The highest BCUT2D eigenvalue weighted by Crippen LogP contribution is 2.15. The number of benzene rings is 1. The number of hydrogen-bond acceptors (Lipinski definition) is 1. The van der Waals surface area contributed by atoms with E-state index in [2.05, 4.69) is 21.2 Å². The van der Waals surface area contributed by atoms with Gasteiger partial charge in [-0.2, -0.15) is 0 Å². The number of unbranched alkanes of at least 4 members (excludes halogenated alkanes) is 3. The predicted octanol–water partition coefficient (Wildman–Crippen LogP) is 3.95. The van der Waals surface area contributed by atoms with E-state index in [4.69, 9.17) is 11.6 Å². The van der Waals surface area contributed by atoms with Gasteiger partial charge in [-0.05, 0) is 24.5 Å². The summed E-state index contributed by atoms with van der Waals surface area (Å²) in [5.74, 6) is 0.0450. The van der Waals surface area contributed by atoms with E-state index in [1.54, 1.807) is 0 Å². The van der Waals surface area contributed by atoms with Crippen LogP contribution in [-0.4, -0.2) is 17.8 Å². The zero-order chi connectivity index (χ0) is 13.2. The summed E-state index contributed by atoms with van der Waals surface area (Å²) in [7, 11) is 0. The van der Waals surface area contributed by atoms with Crippen molar-refractivity contribution in [3.8, 4) is 0 Å². The third kappa shape index (κ3) is 6.41. The van der Waals surface area contributed by atoms with Crippen LogP contribution in [0.3, 0.4) is 0 Å². The molecule has 1 amide bonds. The molecule has 100 valence electrons. The molecular formula is C14H19BrClNO. The number of hydrogen-bond donors (Lipinski definition) is 1. The van der Waals surface area contributed by atoms with Gasteiger partial charge in [-0.3, -0.25) is 4.79 Å². The van der Waals surface area contributed by atoms with Crippen molar-refractivity contribution in [2.75, 3.05) is 11.9 Å². The van der Waals surface area contributed by atoms with Gasteiger partial charge in [0.2, 0.25) is 5.91 Å². The fourth-order valence-electron chi connectivity index (χ4n) is 1.68. The Morgan fingerprint density at radius 3 is 2.61 bits per heavy atom. The second kappa shape index (κ2) is 9.40. The van der Waals surface area contributed by atoms with Crippen molar-refractivity contribution in [1.29, 1.82) is 0 Å². The van der Waals surface area contributed by atoms with Crippen molar-refractivity contribution in [1.82, 2.24) is 5.32 Å². The molecule has 0 aromatic heterocycles. The Bertz CT molecular complexity index is 371. The Morgan fingerprint density at radius 1 is 1.17 bits per heavy atom. The second-order valence-corrected chi connectivity index (χ2v) is 5.42.